The molecule has 0 aliphatic carbocycles. The summed E-state index contributed by atoms with van der Waals surface area (Å²) in [6, 6.07) is 22.8. The lowest BCUT2D eigenvalue weighted by molar-refractivity contribution is 0.0421. The maximum Gasteiger partial charge on any atom is 0.278 e. The highest BCUT2D eigenvalue weighted by atomic mass is 35.5. The Labute approximate surface area is 280 Å². The van der Waals surface area contributed by atoms with Crippen molar-refractivity contribution in [1.29, 1.82) is 0 Å². The van der Waals surface area contributed by atoms with E-state index in [0.29, 0.717) is 36.6 Å². The molecule has 0 bridgehead atoms. The third-order valence-electron chi connectivity index (χ3n) is 8.33. The van der Waals surface area contributed by atoms with Crippen LogP contribution in [0.3, 0.4) is 0 Å². The number of carbonyl (C=O) groups excluding carboxylic acids is 1. The fourth-order valence-electron chi connectivity index (χ4n) is 5.81. The van der Waals surface area contributed by atoms with Gasteiger partial charge in [0.1, 0.15) is 19.2 Å². The van der Waals surface area contributed by atoms with Gasteiger partial charge in [-0.1, -0.05) is 85.8 Å². The number of aromatic nitrogens is 2. The van der Waals surface area contributed by atoms with Gasteiger partial charge in [-0.2, -0.15) is 5.10 Å². The van der Waals surface area contributed by atoms with Gasteiger partial charge >= 0.3 is 0 Å². The Morgan fingerprint density at radius 2 is 1.81 bits per heavy atom. The van der Waals surface area contributed by atoms with Gasteiger partial charge in [-0.05, 0) is 59.8 Å². The van der Waals surface area contributed by atoms with E-state index in [-0.39, 0.29) is 24.8 Å². The fraction of sp³-hybridized carbons (Fsp3) is 0.361. The maximum atomic E-state index is 14.4. The van der Waals surface area contributed by atoms with Crippen LogP contribution in [0.2, 0.25) is 30.7 Å². The first-order chi connectivity index (χ1) is 22.5. The van der Waals surface area contributed by atoms with Crippen molar-refractivity contribution in [3.63, 3.8) is 0 Å². The van der Waals surface area contributed by atoms with Gasteiger partial charge in [0.2, 0.25) is 0 Å². The third kappa shape index (κ3) is 8.95. The van der Waals surface area contributed by atoms with Gasteiger partial charge in [0.15, 0.2) is 11.4 Å². The van der Waals surface area contributed by atoms with Gasteiger partial charge in [0, 0.05) is 32.2 Å². The number of aliphatic hydroxyl groups is 1. The van der Waals surface area contributed by atoms with Crippen molar-refractivity contribution >= 4 is 25.6 Å². The first-order valence-electron chi connectivity index (χ1n) is 15.9. The molecular formula is C36H41ClFN3O5Si. The molecule has 248 valence electrons. The Kier molecular flexibility index (Phi) is 11.3. The number of carbonyl (C=O) groups is 1. The highest BCUT2D eigenvalue weighted by Gasteiger charge is 2.40. The van der Waals surface area contributed by atoms with Crippen LogP contribution in [0.4, 0.5) is 4.39 Å². The molecule has 1 amide bonds. The van der Waals surface area contributed by atoms with E-state index >= 15 is 0 Å². The molecule has 3 aromatic carbocycles. The number of ether oxygens (including phenoxy) is 2. The minimum atomic E-state index is -1.34. The summed E-state index contributed by atoms with van der Waals surface area (Å²) >= 11 is 6.15. The first kappa shape index (κ1) is 34.5. The minimum absolute atomic E-state index is 0.0175. The number of hydrogen-bond donors (Lipinski definition) is 1. The average Bonchev–Trinajstić information content (AvgIpc) is 3.54. The van der Waals surface area contributed by atoms with Crippen LogP contribution < -0.4 is 10.2 Å². The van der Waals surface area contributed by atoms with E-state index in [2.05, 4.69) is 24.7 Å². The molecule has 1 aliphatic rings. The standard InChI is InChI=1S/C36H41ClFN3O5Si/c1-47(2,3)20-19-45-24-40-22-31(46-23-25-9-5-4-6-10-25)35(43)33(39-40)36(44)41-18-8-13-30(41)34(42)32(26-14-16-28(37)17-15-26)27-11-7-12-29(38)21-27/h4-7,9-12,14-17,21-22,30,32,34,42H,8,13,18-20,23-24H2,1-3H3/t30-,32+,34+/m1/s1. The Morgan fingerprint density at radius 1 is 1.06 bits per heavy atom. The van der Waals surface area contributed by atoms with Gasteiger partial charge in [-0.25, -0.2) is 9.07 Å². The van der Waals surface area contributed by atoms with Gasteiger partial charge < -0.3 is 19.5 Å². The molecule has 3 atom stereocenters. The molecule has 47 heavy (non-hydrogen) atoms. The SMILES string of the molecule is C[Si](C)(C)CCOCn1cc(OCc2ccccc2)c(=O)c(C(=O)N2CCC[C@@H]2[C@H](O)[C@@H](c2ccc(Cl)cc2)c2cccc(F)c2)n1. The zero-order valence-electron chi connectivity index (χ0n) is 26.9. The number of nitrogens with zero attached hydrogens (tertiary/aromatic N) is 3. The first-order valence-corrected chi connectivity index (χ1v) is 19.9. The molecule has 1 saturated heterocycles. The lowest BCUT2D eigenvalue weighted by Crippen LogP contribution is -2.47. The number of rotatable bonds is 13. The lowest BCUT2D eigenvalue weighted by atomic mass is 9.82. The predicted octanol–water partition coefficient (Wildman–Crippen LogP) is 6.72. The summed E-state index contributed by atoms with van der Waals surface area (Å²) in [7, 11) is -1.34. The number of hydrogen-bond acceptors (Lipinski definition) is 6. The number of benzene rings is 3. The molecule has 5 rings (SSSR count). The second kappa shape index (κ2) is 15.4. The Morgan fingerprint density at radius 3 is 2.51 bits per heavy atom. The minimum Gasteiger partial charge on any atom is -0.483 e. The zero-order chi connectivity index (χ0) is 33.6. The summed E-state index contributed by atoms with van der Waals surface area (Å²) in [5, 5.41) is 16.9. The van der Waals surface area contributed by atoms with Crippen molar-refractivity contribution in [2.75, 3.05) is 13.2 Å². The molecule has 1 aromatic heterocycles. The largest absolute Gasteiger partial charge is 0.483 e. The van der Waals surface area contributed by atoms with Crippen LogP contribution in [0.1, 0.15) is 45.9 Å². The van der Waals surface area contributed by atoms with Crippen LogP contribution in [0, 0.1) is 5.82 Å². The smallest absolute Gasteiger partial charge is 0.278 e. The Hall–Kier alpha value is -3.83. The van der Waals surface area contributed by atoms with E-state index in [1.54, 1.807) is 36.4 Å². The number of aliphatic hydroxyl groups excluding tert-OH is 1. The van der Waals surface area contributed by atoms with Gasteiger partial charge in [-0.15, -0.1) is 0 Å². The van der Waals surface area contributed by atoms with E-state index in [1.807, 2.05) is 30.3 Å². The van der Waals surface area contributed by atoms with Crippen molar-refractivity contribution in [3.05, 3.63) is 129 Å². The molecule has 1 N–H and O–H groups in total. The predicted molar refractivity (Wildman–Crippen MR) is 183 cm³/mol. The van der Waals surface area contributed by atoms with Crippen molar-refractivity contribution in [2.24, 2.45) is 0 Å². The normalized spacial score (nSPS) is 16.2. The number of amides is 1. The van der Waals surface area contributed by atoms with E-state index in [0.717, 1.165) is 17.2 Å². The maximum absolute atomic E-state index is 14.4. The molecule has 0 unspecified atom stereocenters. The molecule has 0 radical (unpaired) electrons. The molecule has 1 fully saturated rings. The summed E-state index contributed by atoms with van der Waals surface area (Å²) < 4.78 is 27.7. The molecule has 1 aliphatic heterocycles. The molecule has 8 nitrogen and oxygen atoms in total. The topological polar surface area (TPSA) is 93.9 Å². The Balaban J connectivity index is 1.45. The third-order valence-corrected chi connectivity index (χ3v) is 10.3. The zero-order valence-corrected chi connectivity index (χ0v) is 28.7. The quantitative estimate of drug-likeness (QED) is 0.125. The van der Waals surface area contributed by atoms with Crippen LogP contribution in [0.15, 0.2) is 89.9 Å². The summed E-state index contributed by atoms with van der Waals surface area (Å²) in [5.74, 6) is -1.72. The van der Waals surface area contributed by atoms with Crippen molar-refractivity contribution < 1.29 is 23.8 Å². The number of halogens is 2. The Bertz CT molecular complexity index is 1710. The lowest BCUT2D eigenvalue weighted by Gasteiger charge is -2.34. The second-order valence-corrected chi connectivity index (χ2v) is 19.2. The summed E-state index contributed by atoms with van der Waals surface area (Å²) in [6.45, 7) is 7.79. The van der Waals surface area contributed by atoms with Crippen LogP contribution in [-0.4, -0.2) is 59.1 Å². The molecular weight excluding hydrogens is 637 g/mol. The average molecular weight is 678 g/mol. The summed E-state index contributed by atoms with van der Waals surface area (Å²) in [5.41, 5.74) is 1.20. The van der Waals surface area contributed by atoms with Gasteiger partial charge in [0.25, 0.3) is 11.3 Å². The van der Waals surface area contributed by atoms with E-state index < -0.39 is 43.3 Å². The van der Waals surface area contributed by atoms with Crippen LogP contribution in [0.25, 0.3) is 0 Å². The number of likely N-dealkylation sites (tertiary alicyclic amines) is 1. The fourth-order valence-corrected chi connectivity index (χ4v) is 6.69. The highest BCUT2D eigenvalue weighted by Crippen LogP contribution is 2.35. The molecule has 0 spiro atoms. The summed E-state index contributed by atoms with van der Waals surface area (Å²) in [6.07, 6.45) is 1.45. The van der Waals surface area contributed by atoms with Crippen LogP contribution >= 0.6 is 11.6 Å². The van der Waals surface area contributed by atoms with Gasteiger partial charge in [-0.3, -0.25) is 9.59 Å². The van der Waals surface area contributed by atoms with Crippen molar-refractivity contribution in [2.45, 2.75) is 69.9 Å². The molecule has 11 heteroatoms. The second-order valence-electron chi connectivity index (χ2n) is 13.1. The monoisotopic (exact) mass is 677 g/mol. The van der Waals surface area contributed by atoms with Crippen LogP contribution in [0.5, 0.6) is 5.75 Å². The highest BCUT2D eigenvalue weighted by molar-refractivity contribution is 6.76. The summed E-state index contributed by atoms with van der Waals surface area (Å²) in [4.78, 5) is 29.4. The van der Waals surface area contributed by atoms with Crippen molar-refractivity contribution in [3.8, 4) is 5.75 Å². The van der Waals surface area contributed by atoms with E-state index in [1.165, 1.54) is 27.9 Å². The molecule has 2 heterocycles. The van der Waals surface area contributed by atoms with E-state index in [9.17, 15) is 19.1 Å². The van der Waals surface area contributed by atoms with Crippen LogP contribution in [-0.2, 0) is 18.1 Å². The van der Waals surface area contributed by atoms with Crippen molar-refractivity contribution in [1.82, 2.24) is 14.7 Å². The van der Waals surface area contributed by atoms with Gasteiger partial charge in [0.05, 0.1) is 18.3 Å². The van der Waals surface area contributed by atoms with E-state index in [4.69, 9.17) is 21.1 Å². The molecule has 4 aromatic rings. The molecule has 0 saturated carbocycles.